The lowest BCUT2D eigenvalue weighted by atomic mass is 9.97. The summed E-state index contributed by atoms with van der Waals surface area (Å²) in [5.41, 5.74) is 2.00. The molecule has 2 atom stereocenters. The van der Waals surface area contributed by atoms with E-state index in [1.165, 1.54) is 18.4 Å². The topological polar surface area (TPSA) is 35.6 Å². The van der Waals surface area contributed by atoms with Crippen molar-refractivity contribution in [2.45, 2.75) is 50.4 Å². The van der Waals surface area contributed by atoms with Gasteiger partial charge in [0, 0.05) is 37.3 Å². The van der Waals surface area contributed by atoms with E-state index in [2.05, 4.69) is 16.3 Å². The number of fused-ring (bicyclic) bond motifs is 2. The molecule has 1 N–H and O–H groups in total. The fraction of sp³-hybridized carbons (Fsp3) is 0.611. The molecule has 2 saturated heterocycles. The molecule has 2 fully saturated rings. The van der Waals surface area contributed by atoms with E-state index in [9.17, 15) is 4.79 Å². The van der Waals surface area contributed by atoms with E-state index in [-0.39, 0.29) is 30.7 Å². The van der Waals surface area contributed by atoms with Crippen molar-refractivity contribution in [3.63, 3.8) is 0 Å². The highest BCUT2D eigenvalue weighted by atomic mass is 35.5. The molecule has 2 bridgehead atoms. The Bertz CT molecular complexity index is 541. The number of rotatable bonds is 4. The van der Waals surface area contributed by atoms with Crippen molar-refractivity contribution in [2.24, 2.45) is 0 Å². The first-order valence-electron chi connectivity index (χ1n) is 8.30. The number of carbonyl (C=O) groups excluding carboxylic acids is 1. The van der Waals surface area contributed by atoms with E-state index in [0.717, 1.165) is 24.9 Å². The maximum atomic E-state index is 12.8. The van der Waals surface area contributed by atoms with Crippen molar-refractivity contribution in [3.05, 3.63) is 35.4 Å². The average molecular weight is 374 g/mol. The summed E-state index contributed by atoms with van der Waals surface area (Å²) in [4.78, 5) is 16.9. The van der Waals surface area contributed by atoms with Gasteiger partial charge in [-0.15, -0.1) is 24.8 Å². The number of halogens is 2. The zero-order valence-corrected chi connectivity index (χ0v) is 16.3. The average Bonchev–Trinajstić information content (AvgIpc) is 2.83. The van der Waals surface area contributed by atoms with Crippen LogP contribution in [0.4, 0.5) is 0 Å². The Hall–Kier alpha value is -0.810. The number of carbonyl (C=O) groups is 1. The molecule has 1 amide bonds. The van der Waals surface area contributed by atoms with Crippen molar-refractivity contribution in [3.8, 4) is 0 Å². The minimum absolute atomic E-state index is 0. The lowest BCUT2D eigenvalue weighted by molar-refractivity contribution is 0.0681. The second kappa shape index (κ2) is 9.04. The van der Waals surface area contributed by atoms with Crippen molar-refractivity contribution < 1.29 is 4.79 Å². The van der Waals surface area contributed by atoms with Gasteiger partial charge in [0.2, 0.25) is 0 Å². The SMILES string of the molecule is CN(C)Cc1cccc(C(=O)N(C)C2CC3CCC(C2)N3)c1.Cl.Cl. The van der Waals surface area contributed by atoms with Crippen LogP contribution in [0.1, 0.15) is 41.6 Å². The van der Waals surface area contributed by atoms with Crippen LogP contribution in [0, 0.1) is 0 Å². The van der Waals surface area contributed by atoms with Crippen LogP contribution in [0.5, 0.6) is 0 Å². The van der Waals surface area contributed by atoms with Crippen molar-refractivity contribution >= 4 is 30.7 Å². The highest BCUT2D eigenvalue weighted by Gasteiger charge is 2.36. The summed E-state index contributed by atoms with van der Waals surface area (Å²) in [5, 5.41) is 3.64. The molecule has 0 aliphatic carbocycles. The molecule has 0 spiro atoms. The highest BCUT2D eigenvalue weighted by Crippen LogP contribution is 2.29. The zero-order valence-electron chi connectivity index (χ0n) is 14.7. The van der Waals surface area contributed by atoms with E-state index in [4.69, 9.17) is 0 Å². The summed E-state index contributed by atoms with van der Waals surface area (Å²) in [6.45, 7) is 0.863. The Morgan fingerprint density at radius 2 is 1.75 bits per heavy atom. The lowest BCUT2D eigenvalue weighted by Gasteiger charge is -2.35. The van der Waals surface area contributed by atoms with Crippen LogP contribution in [0.15, 0.2) is 24.3 Å². The van der Waals surface area contributed by atoms with Crippen molar-refractivity contribution in [1.29, 1.82) is 0 Å². The Kier molecular flexibility index (Phi) is 8.00. The molecule has 2 heterocycles. The van der Waals surface area contributed by atoms with Gasteiger partial charge in [0.15, 0.2) is 0 Å². The van der Waals surface area contributed by atoms with Crippen LogP contribution >= 0.6 is 24.8 Å². The summed E-state index contributed by atoms with van der Waals surface area (Å²) in [6, 6.07) is 9.65. The van der Waals surface area contributed by atoms with Gasteiger partial charge in [-0.1, -0.05) is 12.1 Å². The minimum atomic E-state index is 0. The fourth-order valence-corrected chi connectivity index (χ4v) is 3.88. The van der Waals surface area contributed by atoms with Gasteiger partial charge >= 0.3 is 0 Å². The van der Waals surface area contributed by atoms with Crippen LogP contribution < -0.4 is 5.32 Å². The molecule has 2 aliphatic rings. The molecular formula is C18H29Cl2N3O. The zero-order chi connectivity index (χ0) is 15.7. The first-order valence-corrected chi connectivity index (χ1v) is 8.30. The van der Waals surface area contributed by atoms with Gasteiger partial charge in [0.1, 0.15) is 0 Å². The van der Waals surface area contributed by atoms with E-state index in [0.29, 0.717) is 18.1 Å². The molecule has 1 aromatic rings. The second-order valence-electron chi connectivity index (χ2n) is 7.12. The molecule has 0 aromatic heterocycles. The van der Waals surface area contributed by atoms with E-state index in [1.54, 1.807) is 0 Å². The van der Waals surface area contributed by atoms with Crippen LogP contribution in [-0.2, 0) is 6.54 Å². The Morgan fingerprint density at radius 3 is 2.33 bits per heavy atom. The lowest BCUT2D eigenvalue weighted by Crippen LogP contribution is -2.48. The van der Waals surface area contributed by atoms with Crippen molar-refractivity contribution in [2.75, 3.05) is 21.1 Å². The maximum Gasteiger partial charge on any atom is 0.253 e. The molecule has 0 saturated carbocycles. The molecular weight excluding hydrogens is 345 g/mol. The maximum absolute atomic E-state index is 12.8. The summed E-state index contributed by atoms with van der Waals surface area (Å²) in [7, 11) is 6.06. The third kappa shape index (κ3) is 4.85. The number of hydrogen-bond acceptors (Lipinski definition) is 3. The molecule has 4 nitrogen and oxygen atoms in total. The third-order valence-electron chi connectivity index (χ3n) is 4.99. The summed E-state index contributed by atoms with van der Waals surface area (Å²) < 4.78 is 0. The second-order valence-corrected chi connectivity index (χ2v) is 7.12. The normalized spacial score (nSPS) is 24.9. The van der Waals surface area contributed by atoms with Gasteiger partial charge < -0.3 is 15.1 Å². The molecule has 24 heavy (non-hydrogen) atoms. The monoisotopic (exact) mass is 373 g/mol. The summed E-state index contributed by atoms with van der Waals surface area (Å²) >= 11 is 0. The van der Waals surface area contributed by atoms with Gasteiger partial charge in [-0.2, -0.15) is 0 Å². The molecule has 3 rings (SSSR count). The molecule has 6 heteroatoms. The van der Waals surface area contributed by atoms with Crippen LogP contribution in [0.2, 0.25) is 0 Å². The van der Waals surface area contributed by atoms with Gasteiger partial charge in [0.05, 0.1) is 0 Å². The standard InChI is InChI=1S/C18H27N3O.2ClH/c1-20(2)12-13-5-4-6-14(9-13)18(22)21(3)17-10-15-7-8-16(11-17)19-15;;/h4-6,9,15-17,19H,7-8,10-12H2,1-3H3;2*1H. The number of benzene rings is 1. The first kappa shape index (κ1) is 21.2. The first-order chi connectivity index (χ1) is 10.5. The van der Waals surface area contributed by atoms with Crippen LogP contribution in [0.3, 0.4) is 0 Å². The molecule has 2 unspecified atom stereocenters. The largest absolute Gasteiger partial charge is 0.339 e. The Balaban J connectivity index is 0.00000144. The van der Waals surface area contributed by atoms with Crippen LogP contribution in [-0.4, -0.2) is 55.0 Å². The van der Waals surface area contributed by atoms with E-state index in [1.807, 2.05) is 44.2 Å². The number of hydrogen-bond donors (Lipinski definition) is 1. The van der Waals surface area contributed by atoms with E-state index >= 15 is 0 Å². The minimum Gasteiger partial charge on any atom is -0.339 e. The predicted octanol–water partition coefficient (Wildman–Crippen LogP) is 2.95. The van der Waals surface area contributed by atoms with Gasteiger partial charge in [-0.3, -0.25) is 4.79 Å². The van der Waals surface area contributed by atoms with E-state index < -0.39 is 0 Å². The third-order valence-corrected chi connectivity index (χ3v) is 4.99. The number of amides is 1. The van der Waals surface area contributed by atoms with Crippen molar-refractivity contribution in [1.82, 2.24) is 15.1 Å². The Labute approximate surface area is 157 Å². The van der Waals surface area contributed by atoms with Gasteiger partial charge in [0.25, 0.3) is 5.91 Å². The van der Waals surface area contributed by atoms with Gasteiger partial charge in [-0.25, -0.2) is 0 Å². The molecule has 1 aromatic carbocycles. The number of piperidine rings is 1. The molecule has 136 valence electrons. The van der Waals surface area contributed by atoms with Gasteiger partial charge in [-0.05, 0) is 57.5 Å². The smallest absolute Gasteiger partial charge is 0.253 e. The fourth-order valence-electron chi connectivity index (χ4n) is 3.88. The number of nitrogens with zero attached hydrogens (tertiary/aromatic N) is 2. The summed E-state index contributed by atoms with van der Waals surface area (Å²) in [5.74, 6) is 0.159. The molecule has 0 radical (unpaired) electrons. The molecule has 2 aliphatic heterocycles. The summed E-state index contributed by atoms with van der Waals surface area (Å²) in [6.07, 6.45) is 4.72. The van der Waals surface area contributed by atoms with Crippen LogP contribution in [0.25, 0.3) is 0 Å². The number of nitrogens with one attached hydrogen (secondary N) is 1. The quantitative estimate of drug-likeness (QED) is 0.880. The predicted molar refractivity (Wildman–Crippen MR) is 103 cm³/mol. The highest BCUT2D eigenvalue weighted by molar-refractivity contribution is 5.94. The Morgan fingerprint density at radius 1 is 1.12 bits per heavy atom.